The van der Waals surface area contributed by atoms with E-state index in [2.05, 4.69) is 23.1 Å². The molecule has 0 radical (unpaired) electrons. The molecule has 0 aromatic heterocycles. The standard InChI is InChI=1S/C14H20N2/c15-14-6-7-16(10-14)9-11-4-5-12-2-1-3-13(12)8-11/h4-5,8,14H,1-3,6-7,9-10,15H2/t14-/m1/s1. The average Bonchev–Trinajstić information content (AvgIpc) is 2.87. The Bertz CT molecular complexity index is 386. The molecule has 2 heteroatoms. The second kappa shape index (κ2) is 4.19. The van der Waals surface area contributed by atoms with Gasteiger partial charge in [0.1, 0.15) is 0 Å². The molecule has 0 saturated carbocycles. The Morgan fingerprint density at radius 2 is 2.12 bits per heavy atom. The van der Waals surface area contributed by atoms with Gasteiger partial charge in [0.05, 0.1) is 0 Å². The summed E-state index contributed by atoms with van der Waals surface area (Å²) in [4.78, 5) is 2.47. The van der Waals surface area contributed by atoms with Crippen LogP contribution in [0.3, 0.4) is 0 Å². The lowest BCUT2D eigenvalue weighted by molar-refractivity contribution is 0.327. The summed E-state index contributed by atoms with van der Waals surface area (Å²) >= 11 is 0. The summed E-state index contributed by atoms with van der Waals surface area (Å²) in [7, 11) is 0. The second-order valence-electron chi connectivity index (χ2n) is 5.24. The highest BCUT2D eigenvalue weighted by Gasteiger charge is 2.19. The number of rotatable bonds is 2. The van der Waals surface area contributed by atoms with Crippen molar-refractivity contribution in [3.05, 3.63) is 34.9 Å². The third-order valence-corrected chi connectivity index (χ3v) is 3.88. The molecule has 3 rings (SSSR count). The number of likely N-dealkylation sites (tertiary alicyclic amines) is 1. The fourth-order valence-electron chi connectivity index (χ4n) is 2.99. The van der Waals surface area contributed by atoms with Crippen molar-refractivity contribution >= 4 is 0 Å². The van der Waals surface area contributed by atoms with Gasteiger partial charge in [0.15, 0.2) is 0 Å². The van der Waals surface area contributed by atoms with Gasteiger partial charge in [0.2, 0.25) is 0 Å². The van der Waals surface area contributed by atoms with E-state index in [9.17, 15) is 0 Å². The molecule has 1 atom stereocenters. The number of hydrogen-bond acceptors (Lipinski definition) is 2. The molecule has 1 saturated heterocycles. The summed E-state index contributed by atoms with van der Waals surface area (Å²) in [6, 6.07) is 7.43. The number of nitrogens with zero attached hydrogens (tertiary/aromatic N) is 1. The number of nitrogens with two attached hydrogens (primary N) is 1. The van der Waals surface area contributed by atoms with Crippen molar-refractivity contribution in [2.24, 2.45) is 5.73 Å². The van der Waals surface area contributed by atoms with E-state index in [1.165, 1.54) is 24.8 Å². The van der Waals surface area contributed by atoms with E-state index in [0.717, 1.165) is 26.1 Å². The van der Waals surface area contributed by atoms with E-state index >= 15 is 0 Å². The first-order valence-electron chi connectivity index (χ1n) is 6.40. The van der Waals surface area contributed by atoms with Crippen LogP contribution in [-0.2, 0) is 19.4 Å². The molecule has 1 aliphatic carbocycles. The van der Waals surface area contributed by atoms with Crippen LogP contribution in [0.1, 0.15) is 29.5 Å². The van der Waals surface area contributed by atoms with Gasteiger partial charge in [-0.3, -0.25) is 4.90 Å². The largest absolute Gasteiger partial charge is 0.326 e. The fourth-order valence-corrected chi connectivity index (χ4v) is 2.99. The van der Waals surface area contributed by atoms with Gasteiger partial charge >= 0.3 is 0 Å². The maximum atomic E-state index is 5.93. The third kappa shape index (κ3) is 2.00. The molecule has 0 bridgehead atoms. The molecule has 0 unspecified atom stereocenters. The van der Waals surface area contributed by atoms with E-state index in [1.54, 1.807) is 11.1 Å². The molecule has 2 N–H and O–H groups in total. The molecular formula is C14H20N2. The van der Waals surface area contributed by atoms with E-state index in [4.69, 9.17) is 5.73 Å². The SMILES string of the molecule is N[C@@H]1CCN(Cc2ccc3c(c2)CCC3)C1. The lowest BCUT2D eigenvalue weighted by Gasteiger charge is -2.15. The molecule has 1 aromatic rings. The first kappa shape index (κ1) is 10.3. The maximum absolute atomic E-state index is 5.93. The van der Waals surface area contributed by atoms with Gasteiger partial charge in [0.25, 0.3) is 0 Å². The highest BCUT2D eigenvalue weighted by Crippen LogP contribution is 2.23. The average molecular weight is 216 g/mol. The van der Waals surface area contributed by atoms with Gasteiger partial charge in [0, 0.05) is 25.7 Å². The zero-order valence-corrected chi connectivity index (χ0v) is 9.78. The predicted molar refractivity (Wildman–Crippen MR) is 66.3 cm³/mol. The molecule has 2 nitrogen and oxygen atoms in total. The summed E-state index contributed by atoms with van der Waals surface area (Å²) in [5.74, 6) is 0. The Hall–Kier alpha value is -0.860. The van der Waals surface area contributed by atoms with Crippen LogP contribution < -0.4 is 5.73 Å². The van der Waals surface area contributed by atoms with Crippen molar-refractivity contribution in [2.75, 3.05) is 13.1 Å². The summed E-state index contributed by atoms with van der Waals surface area (Å²) in [5.41, 5.74) is 10.6. The first-order chi connectivity index (χ1) is 7.81. The minimum Gasteiger partial charge on any atom is -0.326 e. The second-order valence-corrected chi connectivity index (χ2v) is 5.24. The van der Waals surface area contributed by atoms with E-state index in [-0.39, 0.29) is 0 Å². The molecule has 1 aromatic carbocycles. The first-order valence-corrected chi connectivity index (χ1v) is 6.40. The van der Waals surface area contributed by atoms with Gasteiger partial charge in [-0.25, -0.2) is 0 Å². The third-order valence-electron chi connectivity index (χ3n) is 3.88. The summed E-state index contributed by atoms with van der Waals surface area (Å²) in [6.07, 6.45) is 5.06. The van der Waals surface area contributed by atoms with E-state index < -0.39 is 0 Å². The van der Waals surface area contributed by atoms with Crippen molar-refractivity contribution < 1.29 is 0 Å². The number of benzene rings is 1. The zero-order valence-electron chi connectivity index (χ0n) is 9.78. The van der Waals surface area contributed by atoms with Crippen LogP contribution in [0.15, 0.2) is 18.2 Å². The number of fused-ring (bicyclic) bond motifs is 1. The zero-order chi connectivity index (χ0) is 11.0. The predicted octanol–water partition coefficient (Wildman–Crippen LogP) is 1.71. The van der Waals surface area contributed by atoms with E-state index in [0.29, 0.717) is 6.04 Å². The van der Waals surface area contributed by atoms with Crippen molar-refractivity contribution in [3.8, 4) is 0 Å². The molecule has 86 valence electrons. The Morgan fingerprint density at radius 1 is 1.25 bits per heavy atom. The highest BCUT2D eigenvalue weighted by atomic mass is 15.2. The van der Waals surface area contributed by atoms with Crippen LogP contribution in [0.2, 0.25) is 0 Å². The van der Waals surface area contributed by atoms with Gasteiger partial charge < -0.3 is 5.73 Å². The monoisotopic (exact) mass is 216 g/mol. The summed E-state index contributed by atoms with van der Waals surface area (Å²) < 4.78 is 0. The summed E-state index contributed by atoms with van der Waals surface area (Å²) in [6.45, 7) is 3.32. The lowest BCUT2D eigenvalue weighted by Crippen LogP contribution is -2.26. The van der Waals surface area contributed by atoms with Crippen molar-refractivity contribution in [3.63, 3.8) is 0 Å². The molecule has 1 fully saturated rings. The molecule has 2 aliphatic rings. The number of hydrogen-bond donors (Lipinski definition) is 1. The van der Waals surface area contributed by atoms with Crippen LogP contribution in [0.4, 0.5) is 0 Å². The van der Waals surface area contributed by atoms with Crippen molar-refractivity contribution in [1.29, 1.82) is 0 Å². The molecule has 16 heavy (non-hydrogen) atoms. The van der Waals surface area contributed by atoms with Crippen molar-refractivity contribution in [2.45, 2.75) is 38.3 Å². The minimum atomic E-state index is 0.398. The fraction of sp³-hybridized carbons (Fsp3) is 0.571. The van der Waals surface area contributed by atoms with Crippen LogP contribution >= 0.6 is 0 Å². The Balaban J connectivity index is 1.71. The Labute approximate surface area is 97.4 Å². The van der Waals surface area contributed by atoms with Crippen LogP contribution in [0.5, 0.6) is 0 Å². The Morgan fingerprint density at radius 3 is 2.94 bits per heavy atom. The normalized spacial score (nSPS) is 24.9. The summed E-state index contributed by atoms with van der Waals surface area (Å²) in [5, 5.41) is 0. The lowest BCUT2D eigenvalue weighted by atomic mass is 10.1. The molecule has 1 heterocycles. The van der Waals surface area contributed by atoms with Crippen LogP contribution in [0.25, 0.3) is 0 Å². The molecular weight excluding hydrogens is 196 g/mol. The number of aryl methyl sites for hydroxylation is 2. The minimum absolute atomic E-state index is 0.398. The van der Waals surface area contributed by atoms with Crippen molar-refractivity contribution in [1.82, 2.24) is 4.90 Å². The quantitative estimate of drug-likeness (QED) is 0.815. The molecule has 1 aliphatic heterocycles. The van der Waals surface area contributed by atoms with Crippen LogP contribution in [-0.4, -0.2) is 24.0 Å². The topological polar surface area (TPSA) is 29.3 Å². The molecule has 0 amide bonds. The smallest absolute Gasteiger partial charge is 0.0234 e. The highest BCUT2D eigenvalue weighted by molar-refractivity contribution is 5.35. The van der Waals surface area contributed by atoms with Gasteiger partial charge in [-0.05, 0) is 42.4 Å². The van der Waals surface area contributed by atoms with Crippen LogP contribution in [0, 0.1) is 0 Å². The van der Waals surface area contributed by atoms with Gasteiger partial charge in [-0.1, -0.05) is 18.2 Å². The van der Waals surface area contributed by atoms with E-state index in [1.807, 2.05) is 0 Å². The molecule has 0 spiro atoms. The maximum Gasteiger partial charge on any atom is 0.0234 e. The van der Waals surface area contributed by atoms with Gasteiger partial charge in [-0.15, -0.1) is 0 Å². The van der Waals surface area contributed by atoms with Gasteiger partial charge in [-0.2, -0.15) is 0 Å². The Kier molecular flexibility index (Phi) is 2.70.